The van der Waals surface area contributed by atoms with Gasteiger partial charge in [-0.25, -0.2) is 4.39 Å². The summed E-state index contributed by atoms with van der Waals surface area (Å²) in [5.41, 5.74) is 1.75. The Morgan fingerprint density at radius 2 is 1.80 bits per heavy atom. The second-order valence-corrected chi connectivity index (χ2v) is 7.40. The topological polar surface area (TPSA) is 12.5 Å². The highest BCUT2D eigenvalue weighted by atomic mass is 127. The van der Waals surface area contributed by atoms with Crippen LogP contribution in [0.15, 0.2) is 54.6 Å². The third-order valence-electron chi connectivity index (χ3n) is 4.99. The van der Waals surface area contributed by atoms with Gasteiger partial charge >= 0.3 is 0 Å². The molecule has 0 bridgehead atoms. The molecule has 0 aromatic heterocycles. The Balaban J connectivity index is 1.67. The molecule has 1 heterocycles. The highest BCUT2D eigenvalue weighted by molar-refractivity contribution is 14.1. The Bertz CT molecular complexity index is 666. The molecule has 1 unspecified atom stereocenters. The molecule has 4 heteroatoms. The van der Waals surface area contributed by atoms with E-state index in [1.807, 2.05) is 30.3 Å². The minimum atomic E-state index is -0.236. The van der Waals surface area contributed by atoms with Gasteiger partial charge < -0.3 is 4.74 Å². The lowest BCUT2D eigenvalue weighted by molar-refractivity contribution is -0.165. The van der Waals surface area contributed by atoms with Crippen molar-refractivity contribution in [2.24, 2.45) is 0 Å². The number of benzene rings is 2. The third-order valence-corrected chi connectivity index (χ3v) is 6.18. The molecule has 1 aliphatic rings. The van der Waals surface area contributed by atoms with Crippen LogP contribution < -0.4 is 0 Å². The minimum absolute atomic E-state index is 0.107. The van der Waals surface area contributed by atoms with Gasteiger partial charge in [0.2, 0.25) is 0 Å². The lowest BCUT2D eigenvalue weighted by Crippen LogP contribution is -2.55. The standard InChI is InChI=1S/C21H25FINO/c22-20-11-5-4-10-19(20)12-15-24-14-7-6-13-21(24,17-23)25-16-18-8-2-1-3-9-18/h1-5,8-11H,6-7,12-17H2. The molecule has 1 atom stereocenters. The van der Waals surface area contributed by atoms with Gasteiger partial charge in [-0.1, -0.05) is 71.1 Å². The van der Waals surface area contributed by atoms with Crippen LogP contribution in [0.3, 0.4) is 0 Å². The lowest BCUT2D eigenvalue weighted by Gasteiger charge is -2.46. The molecular formula is C21H25FINO. The number of alkyl halides is 1. The van der Waals surface area contributed by atoms with E-state index in [0.717, 1.165) is 35.9 Å². The maximum Gasteiger partial charge on any atom is 0.131 e. The van der Waals surface area contributed by atoms with E-state index in [4.69, 9.17) is 4.74 Å². The van der Waals surface area contributed by atoms with E-state index >= 15 is 0 Å². The number of piperidine rings is 1. The van der Waals surface area contributed by atoms with Crippen molar-refractivity contribution in [2.45, 2.75) is 38.0 Å². The zero-order valence-corrected chi connectivity index (χ0v) is 16.6. The quantitative estimate of drug-likeness (QED) is 0.422. The Labute approximate surface area is 163 Å². The summed E-state index contributed by atoms with van der Waals surface area (Å²) in [7, 11) is 0. The van der Waals surface area contributed by atoms with Crippen LogP contribution in [-0.2, 0) is 17.8 Å². The average Bonchev–Trinajstić information content (AvgIpc) is 2.67. The summed E-state index contributed by atoms with van der Waals surface area (Å²) in [5.74, 6) is -0.107. The zero-order valence-electron chi connectivity index (χ0n) is 14.5. The van der Waals surface area contributed by atoms with E-state index in [1.165, 1.54) is 18.4 Å². The van der Waals surface area contributed by atoms with Crippen LogP contribution in [0.2, 0.25) is 0 Å². The Morgan fingerprint density at radius 1 is 1.04 bits per heavy atom. The molecule has 0 aliphatic carbocycles. The Morgan fingerprint density at radius 3 is 2.56 bits per heavy atom. The monoisotopic (exact) mass is 453 g/mol. The molecule has 0 amide bonds. The first-order valence-corrected chi connectivity index (χ1v) is 10.5. The van der Waals surface area contributed by atoms with Crippen molar-refractivity contribution < 1.29 is 9.13 Å². The summed E-state index contributed by atoms with van der Waals surface area (Å²) < 4.78 is 21.3. The maximum absolute atomic E-state index is 13.9. The van der Waals surface area contributed by atoms with Crippen molar-refractivity contribution in [3.05, 3.63) is 71.5 Å². The van der Waals surface area contributed by atoms with Gasteiger partial charge in [-0.2, -0.15) is 0 Å². The van der Waals surface area contributed by atoms with Crippen LogP contribution in [0.25, 0.3) is 0 Å². The van der Waals surface area contributed by atoms with Crippen molar-refractivity contribution in [2.75, 3.05) is 17.5 Å². The molecule has 0 N–H and O–H groups in total. The summed E-state index contributed by atoms with van der Waals surface area (Å²) >= 11 is 2.44. The summed E-state index contributed by atoms with van der Waals surface area (Å²) in [6.45, 7) is 2.48. The molecular weight excluding hydrogens is 428 g/mol. The number of halogens is 2. The number of hydrogen-bond acceptors (Lipinski definition) is 2. The number of hydrogen-bond donors (Lipinski definition) is 0. The van der Waals surface area contributed by atoms with Gasteiger partial charge in [0.05, 0.1) is 6.61 Å². The van der Waals surface area contributed by atoms with Gasteiger partial charge in [-0.3, -0.25) is 4.90 Å². The molecule has 1 aliphatic heterocycles. The van der Waals surface area contributed by atoms with E-state index in [2.05, 4.69) is 39.6 Å². The van der Waals surface area contributed by atoms with Gasteiger partial charge in [-0.05, 0) is 42.9 Å². The molecule has 134 valence electrons. The SMILES string of the molecule is Fc1ccccc1CCN1CCCCC1(CI)OCc1ccccc1. The first-order chi connectivity index (χ1) is 12.2. The molecule has 0 radical (unpaired) electrons. The van der Waals surface area contributed by atoms with Crippen LogP contribution in [0, 0.1) is 5.82 Å². The van der Waals surface area contributed by atoms with E-state index < -0.39 is 0 Å². The zero-order chi connectivity index (χ0) is 17.5. The third kappa shape index (κ3) is 4.80. The fourth-order valence-corrected chi connectivity index (χ4v) is 4.57. The van der Waals surface area contributed by atoms with E-state index in [0.29, 0.717) is 6.61 Å². The fourth-order valence-electron chi connectivity index (χ4n) is 3.48. The molecule has 25 heavy (non-hydrogen) atoms. The molecule has 0 saturated carbocycles. The van der Waals surface area contributed by atoms with Crippen molar-refractivity contribution in [3.8, 4) is 0 Å². The molecule has 2 aromatic carbocycles. The second-order valence-electron chi connectivity index (χ2n) is 6.64. The number of nitrogens with zero attached hydrogens (tertiary/aromatic N) is 1. The lowest BCUT2D eigenvalue weighted by atomic mass is 9.98. The molecule has 0 spiro atoms. The summed E-state index contributed by atoms with van der Waals surface area (Å²) in [6.07, 6.45) is 4.14. The highest BCUT2D eigenvalue weighted by Gasteiger charge is 2.38. The highest BCUT2D eigenvalue weighted by Crippen LogP contribution is 2.32. The maximum atomic E-state index is 13.9. The van der Waals surface area contributed by atoms with Crippen LogP contribution in [-0.4, -0.2) is 28.1 Å². The van der Waals surface area contributed by atoms with Crippen molar-refractivity contribution >= 4 is 22.6 Å². The molecule has 1 fully saturated rings. The minimum Gasteiger partial charge on any atom is -0.355 e. The van der Waals surface area contributed by atoms with Crippen molar-refractivity contribution in [1.82, 2.24) is 4.90 Å². The van der Waals surface area contributed by atoms with Crippen LogP contribution in [0.1, 0.15) is 30.4 Å². The summed E-state index contributed by atoms with van der Waals surface area (Å²) in [6, 6.07) is 17.4. The van der Waals surface area contributed by atoms with E-state index in [9.17, 15) is 4.39 Å². The number of rotatable bonds is 7. The fraction of sp³-hybridized carbons (Fsp3) is 0.429. The average molecular weight is 453 g/mol. The molecule has 2 aromatic rings. The number of ether oxygens (including phenoxy) is 1. The van der Waals surface area contributed by atoms with Crippen LogP contribution >= 0.6 is 22.6 Å². The number of likely N-dealkylation sites (tertiary alicyclic amines) is 1. The van der Waals surface area contributed by atoms with Crippen molar-refractivity contribution in [3.63, 3.8) is 0 Å². The first-order valence-electron chi connectivity index (χ1n) is 8.96. The Kier molecular flexibility index (Phi) is 6.84. The van der Waals surface area contributed by atoms with Crippen molar-refractivity contribution in [1.29, 1.82) is 0 Å². The van der Waals surface area contributed by atoms with Gasteiger partial charge in [-0.15, -0.1) is 0 Å². The molecule has 1 saturated heterocycles. The van der Waals surface area contributed by atoms with Gasteiger partial charge in [0.25, 0.3) is 0 Å². The van der Waals surface area contributed by atoms with Gasteiger partial charge in [0.15, 0.2) is 0 Å². The van der Waals surface area contributed by atoms with Crippen LogP contribution in [0.4, 0.5) is 4.39 Å². The molecule has 3 rings (SSSR count). The smallest absolute Gasteiger partial charge is 0.131 e. The second kappa shape index (κ2) is 9.10. The summed E-state index contributed by atoms with van der Waals surface area (Å²) in [5, 5.41) is 0. The van der Waals surface area contributed by atoms with Gasteiger partial charge in [0, 0.05) is 17.5 Å². The van der Waals surface area contributed by atoms with E-state index in [1.54, 1.807) is 12.1 Å². The largest absolute Gasteiger partial charge is 0.355 e. The first kappa shape index (κ1) is 18.8. The Hall–Kier alpha value is -0.980. The van der Waals surface area contributed by atoms with Gasteiger partial charge in [0.1, 0.15) is 11.5 Å². The summed E-state index contributed by atoms with van der Waals surface area (Å²) in [4.78, 5) is 2.43. The normalized spacial score (nSPS) is 21.4. The molecule has 2 nitrogen and oxygen atoms in total. The predicted molar refractivity (Wildman–Crippen MR) is 108 cm³/mol. The van der Waals surface area contributed by atoms with Crippen LogP contribution in [0.5, 0.6) is 0 Å². The van der Waals surface area contributed by atoms with E-state index in [-0.39, 0.29) is 11.5 Å². The predicted octanol–water partition coefficient (Wildman–Crippen LogP) is 5.20.